The highest BCUT2D eigenvalue weighted by atomic mass is 28.4. The number of hydrogen-bond acceptors (Lipinski definition) is 8. The van der Waals surface area contributed by atoms with Crippen molar-refractivity contribution in [2.75, 3.05) is 13.2 Å². The van der Waals surface area contributed by atoms with Crippen molar-refractivity contribution in [2.45, 2.75) is 76.7 Å². The van der Waals surface area contributed by atoms with E-state index < -0.39 is 63.2 Å². The smallest absolute Gasteiger partial charge is 0.305 e. The van der Waals surface area contributed by atoms with Crippen molar-refractivity contribution >= 4 is 30.6 Å². The number of azide groups is 1. The molecule has 1 heterocycles. The van der Waals surface area contributed by atoms with Crippen LogP contribution in [0.15, 0.2) is 96.1 Å². The average Bonchev–Trinajstić information content (AvgIpc) is 3.35. The molecule has 1 fully saturated rings. The molecule has 1 unspecified atom stereocenters. The van der Waals surface area contributed by atoms with E-state index in [2.05, 4.69) is 30.8 Å². The predicted octanol–water partition coefficient (Wildman–Crippen LogP) is 5.44. The minimum Gasteiger partial charge on any atom is -0.453 e. The Labute approximate surface area is 268 Å². The molecule has 4 atom stereocenters. The SMILES string of the molecule is [2H]CC(=O)OC1O[C@](CCN=[N+]=[N-])(CO[Si](c2ccccc2)(c2ccccc2)C(C)(C)C)[C@@H](OCc2ccccc2)[C@H]1OC(=O)C[2H]. The van der Waals surface area contributed by atoms with Gasteiger partial charge in [0.2, 0.25) is 6.29 Å². The van der Waals surface area contributed by atoms with Gasteiger partial charge in [-0.3, -0.25) is 9.59 Å². The summed E-state index contributed by atoms with van der Waals surface area (Å²) >= 11 is 0. The van der Waals surface area contributed by atoms with E-state index in [1.165, 1.54) is 0 Å². The summed E-state index contributed by atoms with van der Waals surface area (Å²) in [4.78, 5) is 28.0. The molecule has 3 aromatic rings. The van der Waals surface area contributed by atoms with E-state index in [1.807, 2.05) is 91.0 Å². The summed E-state index contributed by atoms with van der Waals surface area (Å²) in [5, 5.41) is 5.39. The second kappa shape index (κ2) is 14.9. The lowest BCUT2D eigenvalue weighted by molar-refractivity contribution is -0.208. The van der Waals surface area contributed by atoms with Crippen LogP contribution < -0.4 is 10.4 Å². The van der Waals surface area contributed by atoms with Crippen LogP contribution in [0, 0.1) is 0 Å². The van der Waals surface area contributed by atoms with Gasteiger partial charge in [0.25, 0.3) is 8.32 Å². The number of carbonyl (C=O) groups is 2. The van der Waals surface area contributed by atoms with Crippen LogP contribution in [0.4, 0.5) is 0 Å². The molecule has 0 bridgehead atoms. The Morgan fingerprint density at radius 3 is 2.02 bits per heavy atom. The first-order valence-corrected chi connectivity index (χ1v) is 16.6. The van der Waals surface area contributed by atoms with Crippen LogP contribution in [0.25, 0.3) is 10.4 Å². The minimum absolute atomic E-state index is 0.0377. The van der Waals surface area contributed by atoms with Crippen LogP contribution in [0.5, 0.6) is 0 Å². The van der Waals surface area contributed by atoms with Crippen LogP contribution >= 0.6 is 0 Å². The number of rotatable bonds is 13. The van der Waals surface area contributed by atoms with E-state index in [-0.39, 0.29) is 26.2 Å². The van der Waals surface area contributed by atoms with Crippen LogP contribution in [0.1, 0.15) is 49.3 Å². The summed E-state index contributed by atoms with van der Waals surface area (Å²) in [6.07, 6.45) is -3.81. The second-order valence-electron chi connectivity index (χ2n) is 11.9. The predicted molar refractivity (Wildman–Crippen MR) is 172 cm³/mol. The third kappa shape index (κ3) is 7.81. The normalized spacial score (nSPS) is 22.1. The molecule has 45 heavy (non-hydrogen) atoms. The van der Waals surface area contributed by atoms with Gasteiger partial charge in [0.1, 0.15) is 11.7 Å². The molecule has 1 aliphatic rings. The molecular weight excluding hydrogens is 590 g/mol. The second-order valence-corrected chi connectivity index (χ2v) is 16.2. The Balaban J connectivity index is 1.87. The Morgan fingerprint density at radius 1 is 0.933 bits per heavy atom. The van der Waals surface area contributed by atoms with Gasteiger partial charge in [-0.25, -0.2) is 0 Å². The van der Waals surface area contributed by atoms with Crippen LogP contribution in [0.3, 0.4) is 0 Å². The third-order valence-electron chi connectivity index (χ3n) is 7.87. The molecule has 3 aromatic carbocycles. The first kappa shape index (κ1) is 31.0. The van der Waals surface area contributed by atoms with E-state index in [0.29, 0.717) is 0 Å². The lowest BCUT2D eigenvalue weighted by atomic mass is 9.92. The van der Waals surface area contributed by atoms with E-state index in [0.717, 1.165) is 15.9 Å². The molecule has 238 valence electrons. The number of hydrogen-bond donors (Lipinski definition) is 0. The Hall–Kier alpha value is -3.99. The average molecular weight is 634 g/mol. The monoisotopic (exact) mass is 633 g/mol. The third-order valence-corrected chi connectivity index (χ3v) is 12.9. The van der Waals surface area contributed by atoms with Crippen molar-refractivity contribution in [1.82, 2.24) is 0 Å². The van der Waals surface area contributed by atoms with Gasteiger partial charge < -0.3 is 23.4 Å². The quantitative estimate of drug-likeness (QED) is 0.0806. The molecule has 10 nitrogen and oxygen atoms in total. The Morgan fingerprint density at radius 2 is 1.49 bits per heavy atom. The molecule has 0 aliphatic carbocycles. The van der Waals surface area contributed by atoms with E-state index >= 15 is 0 Å². The number of carbonyl (C=O) groups excluding carboxylic acids is 2. The number of esters is 2. The molecule has 0 spiro atoms. The first-order chi connectivity index (χ1) is 22.6. The molecule has 0 radical (unpaired) electrons. The van der Waals surface area contributed by atoms with Crippen LogP contribution in [0.2, 0.25) is 5.04 Å². The van der Waals surface area contributed by atoms with Gasteiger partial charge in [0.15, 0.2) is 6.10 Å². The number of ether oxygens (including phenoxy) is 4. The standard InChI is InChI=1S/C34H41N3O7Si/c1-25(38)42-30-31(40-23-27-15-9-6-10-16-27)34(21-22-36-37-35,44-32(30)43-26(2)39)24-41-45(33(3,4)5,28-17-11-7-12-18-28)29-19-13-8-14-20-29/h6-20,30-32H,21-24H2,1-5H3/t30-,31+,32?,34-/m1/s1/i1D,2D. The summed E-state index contributed by atoms with van der Waals surface area (Å²) in [6, 6.07) is 29.3. The number of nitrogens with zero attached hydrogens (tertiary/aromatic N) is 3. The van der Waals surface area contributed by atoms with E-state index in [1.54, 1.807) is 0 Å². The lowest BCUT2D eigenvalue weighted by Crippen LogP contribution is -2.68. The van der Waals surface area contributed by atoms with Crippen LogP contribution in [-0.2, 0) is 39.6 Å². The topological polar surface area (TPSA) is 129 Å². The summed E-state index contributed by atoms with van der Waals surface area (Å²) in [7, 11) is -3.16. The zero-order chi connectivity index (χ0) is 33.9. The zero-order valence-corrected chi connectivity index (χ0v) is 26.8. The highest BCUT2D eigenvalue weighted by molar-refractivity contribution is 6.99. The fraction of sp³-hybridized carbons (Fsp3) is 0.412. The molecule has 1 aliphatic heterocycles. The first-order valence-electron chi connectivity index (χ1n) is 16.1. The molecule has 0 amide bonds. The highest BCUT2D eigenvalue weighted by Crippen LogP contribution is 2.43. The Kier molecular flexibility index (Phi) is 10.2. The van der Waals surface area contributed by atoms with Gasteiger partial charge >= 0.3 is 11.9 Å². The summed E-state index contributed by atoms with van der Waals surface area (Å²) in [6.45, 7) is 4.91. The maximum Gasteiger partial charge on any atom is 0.305 e. The largest absolute Gasteiger partial charge is 0.453 e. The molecule has 0 N–H and O–H groups in total. The maximum atomic E-state index is 12.6. The van der Waals surface area contributed by atoms with Crippen LogP contribution in [-0.4, -0.2) is 57.5 Å². The molecule has 0 aromatic heterocycles. The minimum atomic E-state index is -3.16. The van der Waals surface area contributed by atoms with E-state index in [9.17, 15) is 15.1 Å². The molecule has 11 heteroatoms. The van der Waals surface area contributed by atoms with Gasteiger partial charge in [-0.15, -0.1) is 0 Å². The van der Waals surface area contributed by atoms with Crippen molar-refractivity contribution < 1.29 is 35.7 Å². The highest BCUT2D eigenvalue weighted by Gasteiger charge is 2.61. The van der Waals surface area contributed by atoms with Gasteiger partial charge in [-0.05, 0) is 32.9 Å². The van der Waals surface area contributed by atoms with Crippen molar-refractivity contribution in [2.24, 2.45) is 5.11 Å². The zero-order valence-electron chi connectivity index (χ0n) is 27.8. The number of benzene rings is 3. The summed E-state index contributed by atoms with van der Waals surface area (Å²) in [5.74, 6) is -1.78. The van der Waals surface area contributed by atoms with Gasteiger partial charge in [0.05, 0.1) is 13.2 Å². The van der Waals surface area contributed by atoms with Crippen molar-refractivity contribution in [3.8, 4) is 0 Å². The molecular formula is C34H41N3O7Si. The fourth-order valence-electron chi connectivity index (χ4n) is 5.97. The van der Waals surface area contributed by atoms with Gasteiger partial charge in [0, 0.05) is 28.0 Å². The fourth-order valence-corrected chi connectivity index (χ4v) is 10.6. The lowest BCUT2D eigenvalue weighted by Gasteiger charge is -2.45. The molecule has 4 rings (SSSR count). The maximum absolute atomic E-state index is 12.6. The molecule has 1 saturated heterocycles. The Bertz CT molecular complexity index is 1470. The van der Waals surface area contributed by atoms with E-state index in [4.69, 9.17) is 26.1 Å². The van der Waals surface area contributed by atoms with Gasteiger partial charge in [-0.2, -0.15) is 0 Å². The summed E-state index contributed by atoms with van der Waals surface area (Å²) in [5.41, 5.74) is 8.55. The molecule has 0 saturated carbocycles. The van der Waals surface area contributed by atoms with Crippen molar-refractivity contribution in [3.05, 3.63) is 107 Å². The van der Waals surface area contributed by atoms with Gasteiger partial charge in [-0.1, -0.05) is 117 Å². The summed E-state index contributed by atoms with van der Waals surface area (Å²) < 4.78 is 46.7. The van der Waals surface area contributed by atoms with Crippen molar-refractivity contribution in [3.63, 3.8) is 0 Å². The van der Waals surface area contributed by atoms with Crippen molar-refractivity contribution in [1.29, 1.82) is 0 Å².